The minimum Gasteiger partial charge on any atom is -0.494 e. The molecule has 1 N–H and O–H groups in total. The summed E-state index contributed by atoms with van der Waals surface area (Å²) in [5, 5.41) is 4.03. The molecule has 2 aromatic carbocycles. The number of rotatable bonds is 15. The molecule has 2 rings (SSSR count). The zero-order valence-electron chi connectivity index (χ0n) is 18.3. The van der Waals surface area contributed by atoms with E-state index in [-0.39, 0.29) is 5.91 Å². The van der Waals surface area contributed by atoms with E-state index in [2.05, 4.69) is 29.6 Å². The molecule has 4 nitrogen and oxygen atoms in total. The Bertz CT molecular complexity index is 726. The number of amides is 1. The quantitative estimate of drug-likeness (QED) is 0.206. The molecule has 1 amide bonds. The molecule has 30 heavy (non-hydrogen) atoms. The highest BCUT2D eigenvalue weighted by Crippen LogP contribution is 2.14. The number of hydrogen-bond acceptors (Lipinski definition) is 3. The van der Waals surface area contributed by atoms with E-state index >= 15 is 0 Å². The molecular formula is C26H36N2O2. The van der Waals surface area contributed by atoms with Crippen molar-refractivity contribution >= 4 is 12.1 Å². The number of benzene rings is 2. The van der Waals surface area contributed by atoms with Crippen molar-refractivity contribution in [1.82, 2.24) is 5.43 Å². The molecule has 2 aromatic rings. The van der Waals surface area contributed by atoms with Crippen LogP contribution in [0.5, 0.6) is 5.75 Å². The first kappa shape index (κ1) is 23.7. The van der Waals surface area contributed by atoms with Gasteiger partial charge < -0.3 is 4.74 Å². The molecule has 4 heteroatoms. The van der Waals surface area contributed by atoms with Gasteiger partial charge >= 0.3 is 0 Å². The van der Waals surface area contributed by atoms with Gasteiger partial charge in [0.2, 0.25) is 0 Å². The van der Waals surface area contributed by atoms with E-state index in [9.17, 15) is 4.79 Å². The number of hydrogen-bond donors (Lipinski definition) is 1. The molecule has 0 saturated carbocycles. The van der Waals surface area contributed by atoms with E-state index in [1.54, 1.807) is 18.3 Å². The van der Waals surface area contributed by atoms with Crippen molar-refractivity contribution in [3.63, 3.8) is 0 Å². The molecule has 0 bridgehead atoms. The monoisotopic (exact) mass is 408 g/mol. The van der Waals surface area contributed by atoms with Crippen LogP contribution in [0.15, 0.2) is 59.7 Å². The number of carbonyl (C=O) groups excluding carboxylic acids is 1. The van der Waals surface area contributed by atoms with Crippen molar-refractivity contribution in [1.29, 1.82) is 0 Å². The summed E-state index contributed by atoms with van der Waals surface area (Å²) in [6.45, 7) is 2.98. The third-order valence-electron chi connectivity index (χ3n) is 5.05. The predicted octanol–water partition coefficient (Wildman–Crippen LogP) is 6.55. The van der Waals surface area contributed by atoms with Gasteiger partial charge in [-0.25, -0.2) is 5.43 Å². The normalized spacial score (nSPS) is 11.0. The maximum Gasteiger partial charge on any atom is 0.271 e. The van der Waals surface area contributed by atoms with E-state index in [1.807, 2.05) is 30.3 Å². The minimum absolute atomic E-state index is 0.208. The van der Waals surface area contributed by atoms with Crippen molar-refractivity contribution in [2.24, 2.45) is 5.10 Å². The highest BCUT2D eigenvalue weighted by Gasteiger charge is 2.04. The van der Waals surface area contributed by atoms with Crippen LogP contribution in [0.4, 0.5) is 0 Å². The number of hydrazone groups is 1. The van der Waals surface area contributed by atoms with Crippen LogP contribution in [-0.4, -0.2) is 18.7 Å². The Hall–Kier alpha value is -2.62. The fourth-order valence-corrected chi connectivity index (χ4v) is 3.24. The van der Waals surface area contributed by atoms with Gasteiger partial charge in [0, 0.05) is 11.8 Å². The maximum atomic E-state index is 12.1. The summed E-state index contributed by atoms with van der Waals surface area (Å²) in [4.78, 5) is 12.1. The van der Waals surface area contributed by atoms with Gasteiger partial charge in [-0.15, -0.1) is 0 Å². The third kappa shape index (κ3) is 10.2. The topological polar surface area (TPSA) is 50.7 Å². The number of nitrogens with zero attached hydrogens (tertiary/aromatic N) is 1. The summed E-state index contributed by atoms with van der Waals surface area (Å²) < 4.78 is 5.78. The first-order chi connectivity index (χ1) is 14.8. The Morgan fingerprint density at radius 3 is 2.27 bits per heavy atom. The van der Waals surface area contributed by atoms with Crippen molar-refractivity contribution in [3.8, 4) is 5.75 Å². The second-order valence-electron chi connectivity index (χ2n) is 7.62. The van der Waals surface area contributed by atoms with Crippen LogP contribution < -0.4 is 10.2 Å². The van der Waals surface area contributed by atoms with Gasteiger partial charge in [0.15, 0.2) is 0 Å². The van der Waals surface area contributed by atoms with Crippen LogP contribution in [0.3, 0.4) is 0 Å². The lowest BCUT2D eigenvalue weighted by molar-refractivity contribution is 0.0955. The molecule has 0 aliphatic rings. The standard InChI is InChI=1S/C26H36N2O2/c1-2-3-4-5-6-7-8-12-22-30-25-19-17-24(18-20-25)26(29)28-27-21-13-16-23-14-10-9-11-15-23/h9-11,14-15,17-21H,2-8,12-13,16,22H2,1H3,(H,28,29). The number of aryl methyl sites for hydroxylation is 1. The Kier molecular flexibility index (Phi) is 12.0. The van der Waals surface area contributed by atoms with Crippen LogP contribution in [0.25, 0.3) is 0 Å². The molecule has 0 radical (unpaired) electrons. The molecule has 0 fully saturated rings. The predicted molar refractivity (Wildman–Crippen MR) is 125 cm³/mol. The fraction of sp³-hybridized carbons (Fsp3) is 0.462. The molecule has 0 atom stereocenters. The summed E-state index contributed by atoms with van der Waals surface area (Å²) in [7, 11) is 0. The Balaban J connectivity index is 1.56. The lowest BCUT2D eigenvalue weighted by Gasteiger charge is -2.07. The third-order valence-corrected chi connectivity index (χ3v) is 5.05. The van der Waals surface area contributed by atoms with Gasteiger partial charge in [-0.3, -0.25) is 4.79 Å². The van der Waals surface area contributed by atoms with Crippen molar-refractivity contribution in [2.45, 2.75) is 71.1 Å². The fourth-order valence-electron chi connectivity index (χ4n) is 3.24. The molecule has 0 aromatic heterocycles. The zero-order valence-corrected chi connectivity index (χ0v) is 18.3. The van der Waals surface area contributed by atoms with Gasteiger partial charge in [0.05, 0.1) is 6.61 Å². The van der Waals surface area contributed by atoms with Crippen LogP contribution in [-0.2, 0) is 6.42 Å². The highest BCUT2D eigenvalue weighted by molar-refractivity contribution is 5.94. The summed E-state index contributed by atoms with van der Waals surface area (Å²) in [6, 6.07) is 17.5. The molecular weight excluding hydrogens is 372 g/mol. The number of carbonyl (C=O) groups is 1. The average molecular weight is 409 g/mol. The van der Waals surface area contributed by atoms with Gasteiger partial charge in [-0.2, -0.15) is 5.10 Å². The van der Waals surface area contributed by atoms with Crippen molar-refractivity contribution in [3.05, 3.63) is 65.7 Å². The first-order valence-corrected chi connectivity index (χ1v) is 11.4. The molecule has 0 unspecified atom stereocenters. The summed E-state index contributed by atoms with van der Waals surface area (Å²) in [6.07, 6.45) is 13.7. The second-order valence-corrected chi connectivity index (χ2v) is 7.62. The van der Waals surface area contributed by atoms with Crippen molar-refractivity contribution in [2.75, 3.05) is 6.61 Å². The van der Waals surface area contributed by atoms with Gasteiger partial charge in [0.25, 0.3) is 5.91 Å². The Morgan fingerprint density at radius 2 is 1.57 bits per heavy atom. The highest BCUT2D eigenvalue weighted by atomic mass is 16.5. The first-order valence-electron chi connectivity index (χ1n) is 11.4. The second kappa shape index (κ2) is 15.3. The van der Waals surface area contributed by atoms with Crippen LogP contribution in [0.1, 0.15) is 80.6 Å². The van der Waals surface area contributed by atoms with Gasteiger partial charge in [-0.05, 0) is 49.1 Å². The lowest BCUT2D eigenvalue weighted by atomic mass is 10.1. The molecule has 162 valence electrons. The summed E-state index contributed by atoms with van der Waals surface area (Å²) in [5.74, 6) is 0.599. The Morgan fingerprint density at radius 1 is 0.900 bits per heavy atom. The van der Waals surface area contributed by atoms with Crippen LogP contribution >= 0.6 is 0 Å². The summed E-state index contributed by atoms with van der Waals surface area (Å²) >= 11 is 0. The van der Waals surface area contributed by atoms with E-state index in [0.29, 0.717) is 5.56 Å². The number of unbranched alkanes of at least 4 members (excludes halogenated alkanes) is 7. The Labute approximate surface area is 181 Å². The van der Waals surface area contributed by atoms with Crippen molar-refractivity contribution < 1.29 is 9.53 Å². The van der Waals surface area contributed by atoms with Crippen LogP contribution in [0.2, 0.25) is 0 Å². The van der Waals surface area contributed by atoms with Gasteiger partial charge in [0.1, 0.15) is 5.75 Å². The largest absolute Gasteiger partial charge is 0.494 e. The maximum absolute atomic E-state index is 12.1. The molecule has 0 heterocycles. The number of nitrogens with one attached hydrogen (secondary N) is 1. The lowest BCUT2D eigenvalue weighted by Crippen LogP contribution is -2.17. The average Bonchev–Trinajstić information content (AvgIpc) is 2.79. The SMILES string of the molecule is CCCCCCCCCCOc1ccc(C(=O)NN=CCCc2ccccc2)cc1. The molecule has 0 spiro atoms. The molecule has 0 saturated heterocycles. The number of ether oxygens (including phenoxy) is 1. The van der Waals surface area contributed by atoms with E-state index in [4.69, 9.17) is 4.74 Å². The zero-order chi connectivity index (χ0) is 21.3. The van der Waals surface area contributed by atoms with E-state index in [0.717, 1.165) is 31.6 Å². The van der Waals surface area contributed by atoms with Crippen LogP contribution in [0, 0.1) is 0 Å². The molecule has 0 aliphatic carbocycles. The molecule has 0 aliphatic heterocycles. The smallest absolute Gasteiger partial charge is 0.271 e. The van der Waals surface area contributed by atoms with E-state index < -0.39 is 0 Å². The minimum atomic E-state index is -0.208. The summed E-state index contributed by atoms with van der Waals surface area (Å²) in [5.41, 5.74) is 4.42. The van der Waals surface area contributed by atoms with E-state index in [1.165, 1.54) is 50.5 Å². The van der Waals surface area contributed by atoms with Gasteiger partial charge in [-0.1, -0.05) is 82.2 Å².